The van der Waals surface area contributed by atoms with Gasteiger partial charge in [0.25, 0.3) is 5.91 Å². The van der Waals surface area contributed by atoms with E-state index in [1.165, 1.54) is 15.1 Å². The molecule has 140 valence electrons. The van der Waals surface area contributed by atoms with Crippen LogP contribution in [-0.2, 0) is 16.1 Å². The van der Waals surface area contributed by atoms with E-state index >= 15 is 0 Å². The van der Waals surface area contributed by atoms with Crippen LogP contribution >= 0.6 is 12.8 Å². The lowest BCUT2D eigenvalue weighted by atomic mass is 9.96. The van der Waals surface area contributed by atoms with Gasteiger partial charge in [0.1, 0.15) is 17.5 Å². The van der Waals surface area contributed by atoms with Gasteiger partial charge >= 0.3 is 5.97 Å². The molecule has 0 aliphatic carbocycles. The molecule has 1 aliphatic heterocycles. The summed E-state index contributed by atoms with van der Waals surface area (Å²) in [6.45, 7) is 8.96. The van der Waals surface area contributed by atoms with E-state index in [-0.39, 0.29) is 23.9 Å². The Labute approximate surface area is 156 Å². The highest BCUT2D eigenvalue weighted by atomic mass is 32.1. The summed E-state index contributed by atoms with van der Waals surface area (Å²) in [7, 11) is 0. The summed E-state index contributed by atoms with van der Waals surface area (Å²) in [5.74, 6) is -1.57. The Kier molecular flexibility index (Phi) is 4.50. The third kappa shape index (κ3) is 3.06. The van der Waals surface area contributed by atoms with Gasteiger partial charge < -0.3 is 9.64 Å². The SMILES string of the molecule is CC(C)C(C(=O)OC(C)(C)C)N1Cc2c(F)cnc3c2c(cn3S)C1=O. The Balaban J connectivity index is 2.08. The van der Waals surface area contributed by atoms with Crippen LogP contribution in [0.15, 0.2) is 12.4 Å². The smallest absolute Gasteiger partial charge is 0.329 e. The molecule has 2 aromatic heterocycles. The van der Waals surface area contributed by atoms with Gasteiger partial charge in [0.15, 0.2) is 5.65 Å². The number of aromatic nitrogens is 2. The molecule has 6 nitrogen and oxygen atoms in total. The fourth-order valence-electron chi connectivity index (χ4n) is 3.28. The number of carbonyl (C=O) groups is 2. The lowest BCUT2D eigenvalue weighted by Crippen LogP contribution is -2.51. The van der Waals surface area contributed by atoms with Crippen molar-refractivity contribution < 1.29 is 18.7 Å². The summed E-state index contributed by atoms with van der Waals surface area (Å²) in [6, 6.07) is -0.819. The molecule has 0 N–H and O–H groups in total. The van der Waals surface area contributed by atoms with Gasteiger partial charge in [0.05, 0.1) is 18.3 Å². The molecular formula is C18H22FN3O3S. The first kappa shape index (κ1) is 18.7. The van der Waals surface area contributed by atoms with E-state index in [2.05, 4.69) is 17.8 Å². The normalized spacial score (nSPS) is 15.7. The molecule has 0 fully saturated rings. The van der Waals surface area contributed by atoms with Gasteiger partial charge in [-0.25, -0.2) is 14.2 Å². The number of nitrogens with zero attached hydrogens (tertiary/aromatic N) is 3. The zero-order valence-electron chi connectivity index (χ0n) is 15.4. The van der Waals surface area contributed by atoms with Gasteiger partial charge in [0, 0.05) is 17.1 Å². The number of esters is 1. The minimum atomic E-state index is -0.819. The molecule has 0 radical (unpaired) electrons. The van der Waals surface area contributed by atoms with Gasteiger partial charge in [-0.3, -0.25) is 8.77 Å². The maximum atomic E-state index is 14.4. The van der Waals surface area contributed by atoms with Gasteiger partial charge in [-0.15, -0.1) is 0 Å². The molecule has 0 spiro atoms. The number of pyridine rings is 1. The second kappa shape index (κ2) is 6.26. The van der Waals surface area contributed by atoms with Crippen molar-refractivity contribution in [3.8, 4) is 0 Å². The molecule has 1 unspecified atom stereocenters. The Morgan fingerprint density at radius 3 is 2.62 bits per heavy atom. The monoisotopic (exact) mass is 379 g/mol. The van der Waals surface area contributed by atoms with Crippen LogP contribution in [0.2, 0.25) is 0 Å². The minimum absolute atomic E-state index is 0.0173. The van der Waals surface area contributed by atoms with Crippen LogP contribution in [0.4, 0.5) is 4.39 Å². The molecule has 1 aliphatic rings. The van der Waals surface area contributed by atoms with Crippen LogP contribution in [0, 0.1) is 11.7 Å². The topological polar surface area (TPSA) is 64.4 Å². The largest absolute Gasteiger partial charge is 0.458 e. The summed E-state index contributed by atoms with van der Waals surface area (Å²) >= 11 is 4.26. The maximum Gasteiger partial charge on any atom is 0.329 e. The first-order valence-electron chi connectivity index (χ1n) is 8.42. The van der Waals surface area contributed by atoms with E-state index in [1.54, 1.807) is 20.8 Å². The molecule has 0 saturated heterocycles. The Bertz CT molecular complexity index is 901. The lowest BCUT2D eigenvalue weighted by Gasteiger charge is -2.36. The second-order valence-electron chi connectivity index (χ2n) is 7.83. The molecule has 0 aromatic carbocycles. The van der Waals surface area contributed by atoms with Crippen LogP contribution in [0.1, 0.15) is 50.5 Å². The van der Waals surface area contributed by atoms with E-state index in [1.807, 2.05) is 13.8 Å². The Morgan fingerprint density at radius 2 is 2.04 bits per heavy atom. The van der Waals surface area contributed by atoms with Crippen molar-refractivity contribution >= 4 is 35.7 Å². The molecule has 3 heterocycles. The van der Waals surface area contributed by atoms with Crippen molar-refractivity contribution in [1.29, 1.82) is 0 Å². The number of halogens is 1. The molecule has 26 heavy (non-hydrogen) atoms. The number of hydrogen-bond donors (Lipinski definition) is 1. The van der Waals surface area contributed by atoms with Crippen molar-refractivity contribution in [2.45, 2.75) is 52.8 Å². The number of amides is 1. The highest BCUT2D eigenvalue weighted by molar-refractivity contribution is 7.78. The van der Waals surface area contributed by atoms with Crippen LogP contribution in [0.5, 0.6) is 0 Å². The maximum absolute atomic E-state index is 14.4. The quantitative estimate of drug-likeness (QED) is 0.657. The van der Waals surface area contributed by atoms with E-state index in [4.69, 9.17) is 4.74 Å². The predicted molar refractivity (Wildman–Crippen MR) is 98.4 cm³/mol. The summed E-state index contributed by atoms with van der Waals surface area (Å²) in [5.41, 5.74) is 0.368. The summed E-state index contributed by atoms with van der Waals surface area (Å²) in [6.07, 6.45) is 2.62. The number of ether oxygens (including phenoxy) is 1. The second-order valence-corrected chi connectivity index (χ2v) is 8.26. The summed E-state index contributed by atoms with van der Waals surface area (Å²) in [5, 5.41) is 0.452. The average Bonchev–Trinajstić information content (AvgIpc) is 2.82. The van der Waals surface area contributed by atoms with E-state index < -0.39 is 23.4 Å². The third-order valence-electron chi connectivity index (χ3n) is 4.29. The number of hydrogen-bond acceptors (Lipinski definition) is 5. The van der Waals surface area contributed by atoms with E-state index in [9.17, 15) is 14.0 Å². The Morgan fingerprint density at radius 1 is 1.38 bits per heavy atom. The van der Waals surface area contributed by atoms with Crippen LogP contribution in [0.25, 0.3) is 11.0 Å². The third-order valence-corrected chi connectivity index (χ3v) is 4.59. The summed E-state index contributed by atoms with van der Waals surface area (Å²) in [4.78, 5) is 31.2. The standard InChI is InChI=1S/C18H22FN3O3S/c1-9(2)14(17(24)25-18(3,4)5)21-7-10-12(19)6-20-15-13(10)11(16(21)23)8-22(15)26/h6,8-9,14,26H,7H2,1-5H3. The molecular weight excluding hydrogens is 357 g/mol. The van der Waals surface area contributed by atoms with Crippen molar-refractivity contribution in [3.05, 3.63) is 29.3 Å². The van der Waals surface area contributed by atoms with Crippen molar-refractivity contribution in [2.75, 3.05) is 0 Å². The Hall–Kier alpha value is -2.09. The minimum Gasteiger partial charge on any atom is -0.458 e. The van der Waals surface area contributed by atoms with Gasteiger partial charge in [-0.1, -0.05) is 26.7 Å². The van der Waals surface area contributed by atoms with E-state index in [0.717, 1.165) is 6.20 Å². The zero-order chi connectivity index (χ0) is 19.4. The number of thiol groups is 1. The van der Waals surface area contributed by atoms with Crippen LogP contribution in [0.3, 0.4) is 0 Å². The first-order chi connectivity index (χ1) is 12.0. The molecule has 0 saturated carbocycles. The van der Waals surface area contributed by atoms with Crippen LogP contribution < -0.4 is 0 Å². The number of carbonyl (C=O) groups excluding carboxylic acids is 2. The molecule has 8 heteroatoms. The number of rotatable bonds is 3. The average molecular weight is 379 g/mol. The van der Waals surface area contributed by atoms with Gasteiger partial charge in [-0.2, -0.15) is 0 Å². The highest BCUT2D eigenvalue weighted by Crippen LogP contribution is 2.34. The molecule has 3 rings (SSSR count). The molecule has 2 aromatic rings. The fourth-order valence-corrected chi connectivity index (χ4v) is 3.55. The first-order valence-corrected chi connectivity index (χ1v) is 8.82. The van der Waals surface area contributed by atoms with E-state index in [0.29, 0.717) is 16.6 Å². The fraction of sp³-hybridized carbons (Fsp3) is 0.500. The van der Waals surface area contributed by atoms with Crippen molar-refractivity contribution in [3.63, 3.8) is 0 Å². The predicted octanol–water partition coefficient (Wildman–Crippen LogP) is 3.19. The van der Waals surface area contributed by atoms with Crippen molar-refractivity contribution in [1.82, 2.24) is 13.9 Å². The molecule has 0 bridgehead atoms. The zero-order valence-corrected chi connectivity index (χ0v) is 16.3. The highest BCUT2D eigenvalue weighted by Gasteiger charge is 2.40. The van der Waals surface area contributed by atoms with Gasteiger partial charge in [-0.05, 0) is 26.7 Å². The van der Waals surface area contributed by atoms with Gasteiger partial charge in [0.2, 0.25) is 0 Å². The summed E-state index contributed by atoms with van der Waals surface area (Å²) < 4.78 is 21.3. The lowest BCUT2D eigenvalue weighted by molar-refractivity contribution is -0.162. The molecule has 1 atom stereocenters. The molecule has 1 amide bonds. The van der Waals surface area contributed by atoms with Crippen molar-refractivity contribution in [2.24, 2.45) is 5.92 Å². The van der Waals surface area contributed by atoms with Crippen LogP contribution in [-0.4, -0.2) is 37.4 Å².